The number of benzene rings is 1. The van der Waals surface area contributed by atoms with E-state index in [1.165, 1.54) is 26.0 Å². The zero-order chi connectivity index (χ0) is 20.1. The average molecular weight is 405 g/mol. The van der Waals surface area contributed by atoms with Crippen molar-refractivity contribution in [1.82, 2.24) is 10.6 Å². The summed E-state index contributed by atoms with van der Waals surface area (Å²) in [6, 6.07) is 3.87. The van der Waals surface area contributed by atoms with Gasteiger partial charge in [-0.15, -0.1) is 0 Å². The first kappa shape index (κ1) is 22.1. The fourth-order valence-electron chi connectivity index (χ4n) is 1.72. The van der Waals surface area contributed by atoms with Crippen molar-refractivity contribution in [3.63, 3.8) is 0 Å². The van der Waals surface area contributed by atoms with E-state index in [1.54, 1.807) is 26.8 Å². The van der Waals surface area contributed by atoms with E-state index >= 15 is 0 Å². The van der Waals surface area contributed by atoms with Crippen LogP contribution in [0.25, 0.3) is 0 Å². The monoisotopic (exact) mass is 404 g/mol. The maximum absolute atomic E-state index is 12.1. The first-order valence-corrected chi connectivity index (χ1v) is 8.60. The third-order valence-electron chi connectivity index (χ3n) is 2.92. The lowest BCUT2D eigenvalue weighted by atomic mass is 10.1. The standard InChI is InChI=1S/C17H22Cl2N2O5/c1-9(14(22)20-16(24)21-17(3,4)5)26-15(23)10(2)25-13-7-6-11(18)8-12(13)19/h6-10H,1-5H3,(H2,20,21,22,24)/t9-,10+/m0/s1. The molecule has 0 saturated heterocycles. The van der Waals surface area contributed by atoms with Crippen LogP contribution < -0.4 is 15.4 Å². The number of esters is 1. The molecule has 0 aliphatic heterocycles. The van der Waals surface area contributed by atoms with Crippen molar-refractivity contribution in [3.05, 3.63) is 28.2 Å². The Labute approximate surface area is 162 Å². The van der Waals surface area contributed by atoms with Crippen LogP contribution in [0.1, 0.15) is 34.6 Å². The highest BCUT2D eigenvalue weighted by Gasteiger charge is 2.25. The van der Waals surface area contributed by atoms with E-state index in [2.05, 4.69) is 10.6 Å². The van der Waals surface area contributed by atoms with E-state index < -0.39 is 35.7 Å². The highest BCUT2D eigenvalue weighted by Crippen LogP contribution is 2.28. The van der Waals surface area contributed by atoms with Crippen molar-refractivity contribution in [1.29, 1.82) is 0 Å². The summed E-state index contributed by atoms with van der Waals surface area (Å²) in [5.74, 6) is -1.28. The van der Waals surface area contributed by atoms with Gasteiger partial charge in [0, 0.05) is 10.6 Å². The Bertz CT molecular complexity index is 688. The normalized spacial score (nSPS) is 13.3. The summed E-state index contributed by atoms with van der Waals surface area (Å²) < 4.78 is 10.4. The van der Waals surface area contributed by atoms with Crippen molar-refractivity contribution < 1.29 is 23.9 Å². The number of amides is 3. The zero-order valence-corrected chi connectivity index (χ0v) is 16.7. The zero-order valence-electron chi connectivity index (χ0n) is 15.2. The average Bonchev–Trinajstić information content (AvgIpc) is 2.47. The number of carbonyl (C=O) groups excluding carboxylic acids is 3. The minimum Gasteiger partial charge on any atom is -0.477 e. The van der Waals surface area contributed by atoms with Crippen LogP contribution in [0.2, 0.25) is 10.0 Å². The Kier molecular flexibility index (Phi) is 7.71. The molecular formula is C17H22Cl2N2O5. The lowest BCUT2D eigenvalue weighted by Gasteiger charge is -2.21. The van der Waals surface area contributed by atoms with Gasteiger partial charge in [-0.1, -0.05) is 23.2 Å². The number of rotatable bonds is 5. The third kappa shape index (κ3) is 7.49. The van der Waals surface area contributed by atoms with Gasteiger partial charge in [-0.3, -0.25) is 10.1 Å². The molecule has 7 nitrogen and oxygen atoms in total. The quantitative estimate of drug-likeness (QED) is 0.734. The fraction of sp³-hybridized carbons (Fsp3) is 0.471. The number of hydrogen-bond donors (Lipinski definition) is 2. The summed E-state index contributed by atoms with van der Waals surface area (Å²) in [6.45, 7) is 8.09. The van der Waals surface area contributed by atoms with E-state index in [4.69, 9.17) is 32.7 Å². The second-order valence-electron chi connectivity index (χ2n) is 6.61. The van der Waals surface area contributed by atoms with Gasteiger partial charge >= 0.3 is 12.0 Å². The number of nitrogens with one attached hydrogen (secondary N) is 2. The molecule has 0 radical (unpaired) electrons. The summed E-state index contributed by atoms with van der Waals surface area (Å²) in [5, 5.41) is 5.33. The molecule has 0 aromatic heterocycles. The summed E-state index contributed by atoms with van der Waals surface area (Å²) in [5.41, 5.74) is -0.509. The Morgan fingerprint density at radius 2 is 1.69 bits per heavy atom. The molecule has 1 aromatic rings. The van der Waals surface area contributed by atoms with Gasteiger partial charge < -0.3 is 14.8 Å². The molecule has 0 saturated carbocycles. The highest BCUT2D eigenvalue weighted by molar-refractivity contribution is 6.35. The Balaban J connectivity index is 2.57. The fourth-order valence-corrected chi connectivity index (χ4v) is 2.17. The first-order valence-electron chi connectivity index (χ1n) is 7.84. The number of ether oxygens (including phenoxy) is 2. The van der Waals surface area contributed by atoms with Crippen molar-refractivity contribution in [2.24, 2.45) is 0 Å². The summed E-state index contributed by atoms with van der Waals surface area (Å²) in [7, 11) is 0. The molecule has 0 bridgehead atoms. The number of halogens is 2. The van der Waals surface area contributed by atoms with Gasteiger partial charge in [0.2, 0.25) is 0 Å². The minimum absolute atomic E-state index is 0.238. The van der Waals surface area contributed by atoms with Crippen LogP contribution in [0.5, 0.6) is 5.75 Å². The topological polar surface area (TPSA) is 93.7 Å². The molecule has 9 heteroatoms. The van der Waals surface area contributed by atoms with Crippen LogP contribution in [0.15, 0.2) is 18.2 Å². The van der Waals surface area contributed by atoms with Crippen molar-refractivity contribution in [2.45, 2.75) is 52.4 Å². The number of urea groups is 1. The Hall–Kier alpha value is -1.99. The lowest BCUT2D eigenvalue weighted by molar-refractivity contribution is -0.160. The van der Waals surface area contributed by atoms with Gasteiger partial charge in [-0.25, -0.2) is 9.59 Å². The Morgan fingerprint density at radius 3 is 2.23 bits per heavy atom. The van der Waals surface area contributed by atoms with Gasteiger partial charge in [0.15, 0.2) is 12.2 Å². The second-order valence-corrected chi connectivity index (χ2v) is 7.45. The maximum Gasteiger partial charge on any atom is 0.347 e. The summed E-state index contributed by atoms with van der Waals surface area (Å²) >= 11 is 11.8. The largest absolute Gasteiger partial charge is 0.477 e. The van der Waals surface area contributed by atoms with Gasteiger partial charge in [-0.05, 0) is 52.8 Å². The van der Waals surface area contributed by atoms with Crippen LogP contribution in [0.3, 0.4) is 0 Å². The molecule has 0 aliphatic rings. The molecule has 0 spiro atoms. The predicted octanol–water partition coefficient (Wildman–Crippen LogP) is 3.32. The van der Waals surface area contributed by atoms with E-state index in [9.17, 15) is 14.4 Å². The smallest absolute Gasteiger partial charge is 0.347 e. The van der Waals surface area contributed by atoms with Crippen LogP contribution in [-0.2, 0) is 14.3 Å². The van der Waals surface area contributed by atoms with Crippen LogP contribution in [-0.4, -0.2) is 35.7 Å². The summed E-state index contributed by atoms with van der Waals surface area (Å²) in [4.78, 5) is 35.6. The molecular weight excluding hydrogens is 383 g/mol. The summed E-state index contributed by atoms with van der Waals surface area (Å²) in [6.07, 6.45) is -2.20. The van der Waals surface area contributed by atoms with E-state index in [1.807, 2.05) is 0 Å². The van der Waals surface area contributed by atoms with Gasteiger partial charge in [-0.2, -0.15) is 0 Å². The van der Waals surface area contributed by atoms with Crippen molar-refractivity contribution in [3.8, 4) is 5.75 Å². The lowest BCUT2D eigenvalue weighted by Crippen LogP contribution is -2.51. The first-order chi connectivity index (χ1) is 11.9. The molecule has 3 amide bonds. The van der Waals surface area contributed by atoms with Crippen LogP contribution in [0, 0.1) is 0 Å². The number of imide groups is 1. The molecule has 1 aromatic carbocycles. The third-order valence-corrected chi connectivity index (χ3v) is 3.45. The maximum atomic E-state index is 12.1. The molecule has 1 rings (SSSR count). The molecule has 0 fully saturated rings. The molecule has 0 unspecified atom stereocenters. The van der Waals surface area contributed by atoms with E-state index in [0.29, 0.717) is 5.02 Å². The van der Waals surface area contributed by atoms with Crippen LogP contribution >= 0.6 is 23.2 Å². The van der Waals surface area contributed by atoms with Crippen molar-refractivity contribution >= 4 is 41.1 Å². The van der Waals surface area contributed by atoms with Crippen molar-refractivity contribution in [2.75, 3.05) is 0 Å². The number of carbonyl (C=O) groups is 3. The van der Waals surface area contributed by atoms with E-state index in [-0.39, 0.29) is 10.8 Å². The van der Waals surface area contributed by atoms with Crippen LogP contribution in [0.4, 0.5) is 4.79 Å². The molecule has 2 atom stereocenters. The predicted molar refractivity (Wildman–Crippen MR) is 98.5 cm³/mol. The molecule has 0 heterocycles. The van der Waals surface area contributed by atoms with Gasteiger partial charge in [0.1, 0.15) is 5.75 Å². The second kappa shape index (κ2) is 9.09. The van der Waals surface area contributed by atoms with E-state index in [0.717, 1.165) is 0 Å². The SMILES string of the molecule is C[C@H](OC(=O)[C@@H](C)Oc1ccc(Cl)cc1Cl)C(=O)NC(=O)NC(C)(C)C. The number of hydrogen-bond acceptors (Lipinski definition) is 5. The highest BCUT2D eigenvalue weighted by atomic mass is 35.5. The molecule has 2 N–H and O–H groups in total. The minimum atomic E-state index is -1.18. The molecule has 26 heavy (non-hydrogen) atoms. The van der Waals surface area contributed by atoms with Gasteiger partial charge in [0.05, 0.1) is 5.02 Å². The molecule has 144 valence electrons. The van der Waals surface area contributed by atoms with Gasteiger partial charge in [0.25, 0.3) is 5.91 Å². The molecule has 0 aliphatic carbocycles. The Morgan fingerprint density at radius 1 is 1.08 bits per heavy atom.